The highest BCUT2D eigenvalue weighted by Crippen LogP contribution is 2.28. The first-order valence-electron chi connectivity index (χ1n) is 5.29. The smallest absolute Gasteiger partial charge is 0.150 e. The monoisotopic (exact) mass is 264 g/mol. The van der Waals surface area contributed by atoms with E-state index in [1.807, 2.05) is 6.92 Å². The molecule has 0 bridgehead atoms. The minimum absolute atomic E-state index is 0.00895. The quantitative estimate of drug-likeness (QED) is 0.769. The molecule has 0 radical (unpaired) electrons. The van der Waals surface area contributed by atoms with Gasteiger partial charge >= 0.3 is 0 Å². The number of carbonyl (C=O) groups is 1. The van der Waals surface area contributed by atoms with Crippen LogP contribution in [0.15, 0.2) is 36.4 Å². The SMILES string of the molecule is Cc1cc(C=O)ccc1Oc1ccc(F)c(Cl)c1. The van der Waals surface area contributed by atoms with Crippen LogP contribution in [0.3, 0.4) is 0 Å². The van der Waals surface area contributed by atoms with Gasteiger partial charge in [-0.2, -0.15) is 0 Å². The Hall–Kier alpha value is -1.87. The third-order valence-electron chi connectivity index (χ3n) is 2.45. The lowest BCUT2D eigenvalue weighted by Crippen LogP contribution is -1.90. The first kappa shape index (κ1) is 12.6. The normalized spacial score (nSPS) is 10.2. The molecule has 0 N–H and O–H groups in total. The van der Waals surface area contributed by atoms with Crippen molar-refractivity contribution in [1.82, 2.24) is 0 Å². The second-order valence-electron chi connectivity index (χ2n) is 3.82. The molecule has 2 aromatic carbocycles. The molecule has 0 saturated heterocycles. The van der Waals surface area contributed by atoms with E-state index >= 15 is 0 Å². The molecule has 4 heteroatoms. The van der Waals surface area contributed by atoms with Crippen LogP contribution in [0.25, 0.3) is 0 Å². The van der Waals surface area contributed by atoms with E-state index in [-0.39, 0.29) is 5.02 Å². The fourth-order valence-electron chi connectivity index (χ4n) is 1.53. The van der Waals surface area contributed by atoms with Crippen LogP contribution in [0.2, 0.25) is 5.02 Å². The number of aryl methyl sites for hydroxylation is 1. The summed E-state index contributed by atoms with van der Waals surface area (Å²) in [7, 11) is 0. The van der Waals surface area contributed by atoms with Crippen LogP contribution in [-0.4, -0.2) is 6.29 Å². The molecule has 0 aliphatic carbocycles. The lowest BCUT2D eigenvalue weighted by atomic mass is 10.1. The number of hydrogen-bond acceptors (Lipinski definition) is 2. The summed E-state index contributed by atoms with van der Waals surface area (Å²) in [5, 5.41) is 0.00895. The van der Waals surface area contributed by atoms with Gasteiger partial charge in [0.15, 0.2) is 0 Å². The van der Waals surface area contributed by atoms with Gasteiger partial charge in [-0.05, 0) is 42.8 Å². The molecule has 2 nitrogen and oxygen atoms in total. The van der Waals surface area contributed by atoms with Crippen LogP contribution >= 0.6 is 11.6 Å². The van der Waals surface area contributed by atoms with E-state index in [0.717, 1.165) is 11.8 Å². The van der Waals surface area contributed by atoms with E-state index in [2.05, 4.69) is 0 Å². The number of aldehydes is 1. The van der Waals surface area contributed by atoms with Crippen molar-refractivity contribution < 1.29 is 13.9 Å². The van der Waals surface area contributed by atoms with Crippen LogP contribution in [0.1, 0.15) is 15.9 Å². The van der Waals surface area contributed by atoms with Crippen molar-refractivity contribution >= 4 is 17.9 Å². The number of rotatable bonds is 3. The number of ether oxygens (including phenoxy) is 1. The zero-order chi connectivity index (χ0) is 13.1. The third kappa shape index (κ3) is 2.68. The van der Waals surface area contributed by atoms with Gasteiger partial charge in [-0.3, -0.25) is 4.79 Å². The topological polar surface area (TPSA) is 26.3 Å². The zero-order valence-electron chi connectivity index (χ0n) is 9.61. The van der Waals surface area contributed by atoms with E-state index in [1.165, 1.54) is 18.2 Å². The molecule has 2 aromatic rings. The first-order valence-corrected chi connectivity index (χ1v) is 5.66. The summed E-state index contributed by atoms with van der Waals surface area (Å²) < 4.78 is 18.6. The van der Waals surface area contributed by atoms with Gasteiger partial charge in [0.2, 0.25) is 0 Å². The van der Waals surface area contributed by atoms with Gasteiger partial charge in [0.05, 0.1) is 5.02 Å². The van der Waals surface area contributed by atoms with Crippen LogP contribution in [0.5, 0.6) is 11.5 Å². The second-order valence-corrected chi connectivity index (χ2v) is 4.23. The lowest BCUT2D eigenvalue weighted by molar-refractivity contribution is 0.112. The Bertz CT molecular complexity index is 596. The number of benzene rings is 2. The van der Waals surface area contributed by atoms with Gasteiger partial charge in [-0.25, -0.2) is 4.39 Å². The van der Waals surface area contributed by atoms with Gasteiger partial charge in [0.25, 0.3) is 0 Å². The maximum Gasteiger partial charge on any atom is 0.150 e. The van der Waals surface area contributed by atoms with Crippen LogP contribution in [0.4, 0.5) is 4.39 Å². The van der Waals surface area contributed by atoms with E-state index in [1.54, 1.807) is 18.2 Å². The average molecular weight is 265 g/mol. The zero-order valence-corrected chi connectivity index (χ0v) is 10.4. The molecular formula is C14H10ClFO2. The summed E-state index contributed by atoms with van der Waals surface area (Å²) in [6.45, 7) is 1.83. The number of halogens is 2. The minimum atomic E-state index is -0.489. The Balaban J connectivity index is 2.28. The van der Waals surface area contributed by atoms with Crippen molar-refractivity contribution in [3.63, 3.8) is 0 Å². The Morgan fingerprint density at radius 1 is 1.22 bits per heavy atom. The first-order chi connectivity index (χ1) is 8.60. The van der Waals surface area contributed by atoms with E-state index in [9.17, 15) is 9.18 Å². The highest BCUT2D eigenvalue weighted by Gasteiger charge is 2.05. The molecule has 0 saturated carbocycles. The highest BCUT2D eigenvalue weighted by atomic mass is 35.5. The lowest BCUT2D eigenvalue weighted by Gasteiger charge is -2.09. The van der Waals surface area contributed by atoms with E-state index in [0.29, 0.717) is 17.1 Å². The Morgan fingerprint density at radius 3 is 2.61 bits per heavy atom. The summed E-state index contributed by atoms with van der Waals surface area (Å²) in [5.74, 6) is 0.559. The summed E-state index contributed by atoms with van der Waals surface area (Å²) in [6.07, 6.45) is 0.769. The molecule has 0 heterocycles. The molecule has 0 spiro atoms. The second kappa shape index (κ2) is 5.19. The highest BCUT2D eigenvalue weighted by molar-refractivity contribution is 6.30. The fraction of sp³-hybridized carbons (Fsp3) is 0.0714. The molecular weight excluding hydrogens is 255 g/mol. The molecule has 92 valence electrons. The molecule has 0 aliphatic heterocycles. The van der Waals surface area contributed by atoms with E-state index < -0.39 is 5.82 Å². The number of carbonyl (C=O) groups excluding carboxylic acids is 1. The Kier molecular flexibility index (Phi) is 3.63. The molecule has 0 unspecified atom stereocenters. The van der Waals surface area contributed by atoms with Crippen molar-refractivity contribution in [1.29, 1.82) is 0 Å². The van der Waals surface area contributed by atoms with Crippen LogP contribution < -0.4 is 4.74 Å². The van der Waals surface area contributed by atoms with Gasteiger partial charge in [0, 0.05) is 11.6 Å². The maximum atomic E-state index is 13.0. The molecule has 0 amide bonds. The standard InChI is InChI=1S/C14H10ClFO2/c1-9-6-10(8-17)2-5-14(9)18-11-3-4-13(16)12(15)7-11/h2-8H,1H3. The van der Waals surface area contributed by atoms with Crippen LogP contribution in [0, 0.1) is 12.7 Å². The van der Waals surface area contributed by atoms with Gasteiger partial charge in [-0.1, -0.05) is 11.6 Å². The Morgan fingerprint density at radius 2 is 2.00 bits per heavy atom. The molecule has 2 rings (SSSR count). The molecule has 0 atom stereocenters. The maximum absolute atomic E-state index is 13.0. The third-order valence-corrected chi connectivity index (χ3v) is 2.74. The summed E-state index contributed by atoms with van der Waals surface area (Å²) >= 11 is 5.67. The fourth-order valence-corrected chi connectivity index (χ4v) is 1.70. The van der Waals surface area contributed by atoms with Crippen molar-refractivity contribution in [3.8, 4) is 11.5 Å². The number of hydrogen-bond donors (Lipinski definition) is 0. The summed E-state index contributed by atoms with van der Waals surface area (Å²) in [4.78, 5) is 10.6. The van der Waals surface area contributed by atoms with Gasteiger partial charge in [0.1, 0.15) is 23.6 Å². The van der Waals surface area contributed by atoms with Crippen molar-refractivity contribution in [2.75, 3.05) is 0 Å². The summed E-state index contributed by atoms with van der Waals surface area (Å²) in [6, 6.07) is 9.20. The summed E-state index contributed by atoms with van der Waals surface area (Å²) in [5.41, 5.74) is 1.40. The predicted molar refractivity (Wildman–Crippen MR) is 68.1 cm³/mol. The Labute approximate surface area is 109 Å². The molecule has 18 heavy (non-hydrogen) atoms. The van der Waals surface area contributed by atoms with Crippen LogP contribution in [-0.2, 0) is 0 Å². The molecule has 0 aliphatic rings. The minimum Gasteiger partial charge on any atom is -0.457 e. The van der Waals surface area contributed by atoms with Crippen molar-refractivity contribution in [2.45, 2.75) is 6.92 Å². The predicted octanol–water partition coefficient (Wildman–Crippen LogP) is 4.39. The van der Waals surface area contributed by atoms with Crippen molar-refractivity contribution in [2.24, 2.45) is 0 Å². The molecule has 0 fully saturated rings. The molecule has 0 aromatic heterocycles. The van der Waals surface area contributed by atoms with Gasteiger partial charge in [-0.15, -0.1) is 0 Å². The average Bonchev–Trinajstić information content (AvgIpc) is 2.36. The van der Waals surface area contributed by atoms with E-state index in [4.69, 9.17) is 16.3 Å². The largest absolute Gasteiger partial charge is 0.457 e. The van der Waals surface area contributed by atoms with Gasteiger partial charge < -0.3 is 4.74 Å². The van der Waals surface area contributed by atoms with Crippen molar-refractivity contribution in [3.05, 3.63) is 58.4 Å².